The molecular weight excluding hydrogens is 266 g/mol. The number of nitrogens with two attached hydrogens (primary N) is 1. The molecule has 1 saturated heterocycles. The molecule has 0 unspecified atom stereocenters. The van der Waals surface area contributed by atoms with Gasteiger partial charge in [-0.05, 0) is 18.6 Å². The Labute approximate surface area is 123 Å². The van der Waals surface area contributed by atoms with Gasteiger partial charge < -0.3 is 15.5 Å². The van der Waals surface area contributed by atoms with E-state index in [9.17, 15) is 4.79 Å². The highest BCUT2D eigenvalue weighted by Crippen LogP contribution is 2.25. The molecule has 1 aromatic carbocycles. The van der Waals surface area contributed by atoms with Gasteiger partial charge in [0.2, 0.25) is 11.9 Å². The summed E-state index contributed by atoms with van der Waals surface area (Å²) < 4.78 is 0. The number of carbonyl (C=O) groups is 1. The SMILES string of the molecule is CC(=O)N1CCCN(c2nc(N)nc3ccccc23)CC1. The first-order valence-electron chi connectivity index (χ1n) is 7.18. The van der Waals surface area contributed by atoms with E-state index < -0.39 is 0 Å². The summed E-state index contributed by atoms with van der Waals surface area (Å²) in [5, 5.41) is 1.00. The number of hydrogen-bond acceptors (Lipinski definition) is 5. The summed E-state index contributed by atoms with van der Waals surface area (Å²) in [5.74, 6) is 1.28. The average Bonchev–Trinajstić information content (AvgIpc) is 2.72. The van der Waals surface area contributed by atoms with Gasteiger partial charge in [-0.2, -0.15) is 4.98 Å². The van der Waals surface area contributed by atoms with Crippen LogP contribution in [0.2, 0.25) is 0 Å². The van der Waals surface area contributed by atoms with Crippen molar-refractivity contribution in [2.24, 2.45) is 0 Å². The lowest BCUT2D eigenvalue weighted by Gasteiger charge is -2.23. The number of amides is 1. The first-order chi connectivity index (χ1) is 10.1. The van der Waals surface area contributed by atoms with Gasteiger partial charge in [-0.25, -0.2) is 4.98 Å². The van der Waals surface area contributed by atoms with Gasteiger partial charge in [0, 0.05) is 38.5 Å². The molecule has 6 nitrogen and oxygen atoms in total. The lowest BCUT2D eigenvalue weighted by Crippen LogP contribution is -2.34. The van der Waals surface area contributed by atoms with Crippen LogP contribution in [-0.4, -0.2) is 47.0 Å². The minimum absolute atomic E-state index is 0.129. The number of aromatic nitrogens is 2. The van der Waals surface area contributed by atoms with E-state index in [1.807, 2.05) is 29.2 Å². The molecule has 0 atom stereocenters. The molecule has 0 spiro atoms. The zero-order chi connectivity index (χ0) is 14.8. The van der Waals surface area contributed by atoms with Crippen molar-refractivity contribution in [1.82, 2.24) is 14.9 Å². The summed E-state index contributed by atoms with van der Waals surface area (Å²) in [6.07, 6.45) is 0.928. The standard InChI is InChI=1S/C15H19N5O/c1-11(21)19-7-4-8-20(10-9-19)14-12-5-2-3-6-13(12)17-15(16)18-14/h2-3,5-6H,4,7-10H2,1H3,(H2,16,17,18). The van der Waals surface area contributed by atoms with Crippen LogP contribution in [0.5, 0.6) is 0 Å². The van der Waals surface area contributed by atoms with Gasteiger partial charge in [0.05, 0.1) is 5.52 Å². The van der Waals surface area contributed by atoms with Crippen LogP contribution in [0.1, 0.15) is 13.3 Å². The topological polar surface area (TPSA) is 75.4 Å². The van der Waals surface area contributed by atoms with Gasteiger partial charge in [0.25, 0.3) is 0 Å². The van der Waals surface area contributed by atoms with Crippen molar-refractivity contribution in [3.8, 4) is 0 Å². The van der Waals surface area contributed by atoms with E-state index in [-0.39, 0.29) is 11.9 Å². The van der Waals surface area contributed by atoms with E-state index in [0.29, 0.717) is 6.54 Å². The highest BCUT2D eigenvalue weighted by Gasteiger charge is 2.19. The van der Waals surface area contributed by atoms with Crippen molar-refractivity contribution < 1.29 is 4.79 Å². The van der Waals surface area contributed by atoms with Crippen LogP contribution in [0.3, 0.4) is 0 Å². The molecule has 110 valence electrons. The molecule has 1 aromatic heterocycles. The van der Waals surface area contributed by atoms with Crippen LogP contribution >= 0.6 is 0 Å². The van der Waals surface area contributed by atoms with E-state index in [0.717, 1.165) is 42.8 Å². The quantitative estimate of drug-likeness (QED) is 0.854. The van der Waals surface area contributed by atoms with Gasteiger partial charge in [0.15, 0.2) is 0 Å². The van der Waals surface area contributed by atoms with E-state index in [1.54, 1.807) is 6.92 Å². The maximum absolute atomic E-state index is 11.5. The van der Waals surface area contributed by atoms with Crippen LogP contribution in [-0.2, 0) is 4.79 Å². The van der Waals surface area contributed by atoms with Crippen molar-refractivity contribution in [3.63, 3.8) is 0 Å². The minimum Gasteiger partial charge on any atom is -0.368 e. The van der Waals surface area contributed by atoms with Crippen LogP contribution in [0.25, 0.3) is 10.9 Å². The highest BCUT2D eigenvalue weighted by molar-refractivity contribution is 5.90. The number of para-hydroxylation sites is 1. The number of rotatable bonds is 1. The summed E-state index contributed by atoms with van der Waals surface area (Å²) in [6.45, 7) is 4.76. The predicted octanol–water partition coefficient (Wildman–Crippen LogP) is 1.27. The molecule has 0 bridgehead atoms. The van der Waals surface area contributed by atoms with Crippen LogP contribution in [0.4, 0.5) is 11.8 Å². The van der Waals surface area contributed by atoms with Crippen molar-refractivity contribution in [2.45, 2.75) is 13.3 Å². The summed E-state index contributed by atoms with van der Waals surface area (Å²) in [4.78, 5) is 24.3. The number of anilines is 2. The third kappa shape index (κ3) is 2.74. The Kier molecular flexibility index (Phi) is 3.60. The second-order valence-corrected chi connectivity index (χ2v) is 5.27. The van der Waals surface area contributed by atoms with Gasteiger partial charge in [-0.1, -0.05) is 12.1 Å². The van der Waals surface area contributed by atoms with E-state index in [2.05, 4.69) is 14.9 Å². The highest BCUT2D eigenvalue weighted by atomic mass is 16.2. The summed E-state index contributed by atoms with van der Waals surface area (Å²) >= 11 is 0. The molecule has 2 aromatic rings. The summed E-state index contributed by atoms with van der Waals surface area (Å²) in [7, 11) is 0. The molecule has 2 heterocycles. The second kappa shape index (κ2) is 5.55. The van der Waals surface area contributed by atoms with Gasteiger partial charge in [-0.3, -0.25) is 4.79 Å². The molecular formula is C15H19N5O. The molecule has 1 fully saturated rings. The fraction of sp³-hybridized carbons (Fsp3) is 0.400. The Morgan fingerprint density at radius 3 is 2.76 bits per heavy atom. The maximum Gasteiger partial charge on any atom is 0.222 e. The lowest BCUT2D eigenvalue weighted by atomic mass is 10.2. The number of fused-ring (bicyclic) bond motifs is 1. The molecule has 1 aliphatic rings. The molecule has 0 saturated carbocycles. The fourth-order valence-electron chi connectivity index (χ4n) is 2.76. The van der Waals surface area contributed by atoms with Crippen LogP contribution < -0.4 is 10.6 Å². The van der Waals surface area contributed by atoms with Crippen molar-refractivity contribution in [3.05, 3.63) is 24.3 Å². The molecule has 21 heavy (non-hydrogen) atoms. The maximum atomic E-state index is 11.5. The first kappa shape index (κ1) is 13.6. The summed E-state index contributed by atoms with van der Waals surface area (Å²) in [6, 6.07) is 7.87. The van der Waals surface area contributed by atoms with E-state index >= 15 is 0 Å². The normalized spacial score (nSPS) is 16.0. The second-order valence-electron chi connectivity index (χ2n) is 5.27. The molecule has 3 rings (SSSR count). The Hall–Kier alpha value is -2.37. The molecule has 1 aliphatic heterocycles. The third-order valence-electron chi connectivity index (χ3n) is 3.84. The van der Waals surface area contributed by atoms with E-state index in [1.165, 1.54) is 0 Å². The zero-order valence-electron chi connectivity index (χ0n) is 12.1. The Bertz CT molecular complexity index is 672. The summed E-state index contributed by atoms with van der Waals surface area (Å²) in [5.41, 5.74) is 6.69. The molecule has 2 N–H and O–H groups in total. The van der Waals surface area contributed by atoms with Crippen LogP contribution in [0.15, 0.2) is 24.3 Å². The number of nitrogen functional groups attached to an aromatic ring is 1. The number of nitrogens with zero attached hydrogens (tertiary/aromatic N) is 4. The van der Waals surface area contributed by atoms with Crippen molar-refractivity contribution >= 4 is 28.6 Å². The van der Waals surface area contributed by atoms with Gasteiger partial charge in [-0.15, -0.1) is 0 Å². The first-order valence-corrected chi connectivity index (χ1v) is 7.18. The minimum atomic E-state index is 0.129. The average molecular weight is 285 g/mol. The molecule has 1 amide bonds. The Balaban J connectivity index is 1.95. The van der Waals surface area contributed by atoms with Gasteiger partial charge >= 0.3 is 0 Å². The van der Waals surface area contributed by atoms with Crippen molar-refractivity contribution in [2.75, 3.05) is 36.8 Å². The predicted molar refractivity (Wildman–Crippen MR) is 83.0 cm³/mol. The number of carbonyl (C=O) groups excluding carboxylic acids is 1. The largest absolute Gasteiger partial charge is 0.368 e. The number of benzene rings is 1. The molecule has 6 heteroatoms. The zero-order valence-corrected chi connectivity index (χ0v) is 12.1. The van der Waals surface area contributed by atoms with E-state index in [4.69, 9.17) is 5.73 Å². The Morgan fingerprint density at radius 1 is 1.14 bits per heavy atom. The smallest absolute Gasteiger partial charge is 0.222 e. The molecule has 0 aliphatic carbocycles. The number of hydrogen-bond donors (Lipinski definition) is 1. The third-order valence-corrected chi connectivity index (χ3v) is 3.84. The van der Waals surface area contributed by atoms with Crippen molar-refractivity contribution in [1.29, 1.82) is 0 Å². The lowest BCUT2D eigenvalue weighted by molar-refractivity contribution is -0.128. The monoisotopic (exact) mass is 285 g/mol. The van der Waals surface area contributed by atoms with Crippen LogP contribution in [0, 0.1) is 0 Å². The Morgan fingerprint density at radius 2 is 1.95 bits per heavy atom. The fourth-order valence-corrected chi connectivity index (χ4v) is 2.76. The van der Waals surface area contributed by atoms with Gasteiger partial charge in [0.1, 0.15) is 5.82 Å². The molecule has 0 radical (unpaired) electrons.